The number of aliphatic hydroxyl groups excluding tert-OH is 1. The van der Waals surface area contributed by atoms with Crippen molar-refractivity contribution in [2.24, 2.45) is 5.92 Å². The fourth-order valence-corrected chi connectivity index (χ4v) is 2.64. The minimum Gasteiger partial charge on any atom is -0.394 e. The average molecular weight is 272 g/mol. The molecule has 0 saturated carbocycles. The number of aromatic nitrogens is 3. The van der Waals surface area contributed by atoms with E-state index in [-0.39, 0.29) is 24.9 Å². The number of ether oxygens (including phenoxy) is 1. The smallest absolute Gasteiger partial charge is 0.149 e. The van der Waals surface area contributed by atoms with E-state index in [2.05, 4.69) is 21.8 Å². The second-order valence-corrected chi connectivity index (χ2v) is 4.79. The predicted octanol–water partition coefficient (Wildman–Crippen LogP) is 0.933. The number of hydrogen-bond donors (Lipinski definition) is 2. The van der Waals surface area contributed by atoms with Crippen LogP contribution in [0.2, 0.25) is 0 Å². The first-order valence-electron chi connectivity index (χ1n) is 6.50. The van der Waals surface area contributed by atoms with Crippen molar-refractivity contribution >= 4 is 16.9 Å². The summed E-state index contributed by atoms with van der Waals surface area (Å²) < 4.78 is 7.79. The molecule has 1 fully saturated rings. The molecule has 0 radical (unpaired) electrons. The third-order valence-electron chi connectivity index (χ3n) is 3.54. The maximum absolute atomic E-state index is 9.30. The van der Waals surface area contributed by atoms with E-state index in [9.17, 15) is 5.11 Å². The second-order valence-electron chi connectivity index (χ2n) is 4.79. The molecule has 2 aromatic rings. The third kappa shape index (κ3) is 2.01. The molecule has 0 bridgehead atoms. The molecule has 0 aliphatic carbocycles. The predicted molar refractivity (Wildman–Crippen MR) is 74.5 cm³/mol. The second kappa shape index (κ2) is 5.12. The first kappa shape index (κ1) is 12.9. The van der Waals surface area contributed by atoms with Crippen LogP contribution in [-0.4, -0.2) is 32.4 Å². The van der Waals surface area contributed by atoms with E-state index in [1.807, 2.05) is 16.8 Å². The number of aliphatic hydroxyl groups is 1. The number of nitrogens with zero attached hydrogens (tertiary/aromatic N) is 3. The molecule has 3 rings (SSSR count). The number of fused-ring (bicyclic) bond motifs is 1. The summed E-state index contributed by atoms with van der Waals surface area (Å²) in [5.41, 5.74) is 6.57. The highest BCUT2D eigenvalue weighted by Gasteiger charge is 2.35. The molecule has 0 aromatic carbocycles. The quantitative estimate of drug-likeness (QED) is 0.794. The van der Waals surface area contributed by atoms with Crippen molar-refractivity contribution in [3.8, 4) is 11.8 Å². The molecule has 3 atom stereocenters. The van der Waals surface area contributed by atoms with Crippen molar-refractivity contribution in [2.45, 2.75) is 25.7 Å². The molecule has 0 unspecified atom stereocenters. The van der Waals surface area contributed by atoms with Gasteiger partial charge in [0.25, 0.3) is 0 Å². The van der Waals surface area contributed by atoms with Gasteiger partial charge in [-0.3, -0.25) is 0 Å². The molecule has 6 heteroatoms. The van der Waals surface area contributed by atoms with Crippen molar-refractivity contribution in [2.75, 3.05) is 12.3 Å². The van der Waals surface area contributed by atoms with Gasteiger partial charge in [0.1, 0.15) is 24.0 Å². The highest BCUT2D eigenvalue weighted by molar-refractivity contribution is 5.86. The Hall–Kier alpha value is -2.10. The fourth-order valence-electron chi connectivity index (χ4n) is 2.64. The van der Waals surface area contributed by atoms with E-state index in [1.54, 1.807) is 6.92 Å². The molecular weight excluding hydrogens is 256 g/mol. The Bertz CT molecular complexity index is 685. The van der Waals surface area contributed by atoms with Crippen molar-refractivity contribution < 1.29 is 9.84 Å². The molecule has 3 N–H and O–H groups in total. The Morgan fingerprint density at radius 2 is 2.40 bits per heavy atom. The lowest BCUT2D eigenvalue weighted by atomic mass is 10.0. The Morgan fingerprint density at radius 3 is 3.15 bits per heavy atom. The number of hydrogen-bond acceptors (Lipinski definition) is 5. The van der Waals surface area contributed by atoms with Crippen LogP contribution in [0.1, 0.15) is 19.6 Å². The molecule has 1 aliphatic rings. The summed E-state index contributed by atoms with van der Waals surface area (Å²) in [5, 5.41) is 10.1. The van der Waals surface area contributed by atoms with Gasteiger partial charge in [-0.05, 0) is 19.4 Å². The first-order valence-corrected chi connectivity index (χ1v) is 6.50. The zero-order chi connectivity index (χ0) is 14.1. The minimum atomic E-state index is -0.258. The van der Waals surface area contributed by atoms with Crippen LogP contribution in [0.5, 0.6) is 0 Å². The van der Waals surface area contributed by atoms with Gasteiger partial charge >= 0.3 is 0 Å². The number of nitrogens with two attached hydrogens (primary N) is 1. The van der Waals surface area contributed by atoms with Crippen LogP contribution < -0.4 is 5.73 Å². The standard InChI is InChI=1S/C14H16N4O2/c1-2-3-9-6-10(7-19)20-14(9)18-5-4-11-12(15)16-8-17-13(11)18/h4-5,8-10,14,19H,6-7H2,1H3,(H2,15,16,17)/t9-,10-,14+/m0/s1. The summed E-state index contributed by atoms with van der Waals surface area (Å²) >= 11 is 0. The van der Waals surface area contributed by atoms with Gasteiger partial charge < -0.3 is 20.1 Å². The average Bonchev–Trinajstić information content (AvgIpc) is 3.03. The van der Waals surface area contributed by atoms with Gasteiger partial charge in [0.2, 0.25) is 0 Å². The normalized spacial score (nSPS) is 25.6. The van der Waals surface area contributed by atoms with Gasteiger partial charge in [0.15, 0.2) is 0 Å². The Balaban J connectivity index is 2.04. The first-order chi connectivity index (χ1) is 9.74. The maximum Gasteiger partial charge on any atom is 0.149 e. The Kier molecular flexibility index (Phi) is 3.30. The largest absolute Gasteiger partial charge is 0.394 e. The summed E-state index contributed by atoms with van der Waals surface area (Å²) in [7, 11) is 0. The number of anilines is 1. The third-order valence-corrected chi connectivity index (χ3v) is 3.54. The van der Waals surface area contributed by atoms with Gasteiger partial charge in [-0.2, -0.15) is 0 Å². The van der Waals surface area contributed by atoms with E-state index >= 15 is 0 Å². The number of rotatable bonds is 2. The summed E-state index contributed by atoms with van der Waals surface area (Å²) in [6.45, 7) is 1.80. The monoisotopic (exact) mass is 272 g/mol. The topological polar surface area (TPSA) is 86.2 Å². The summed E-state index contributed by atoms with van der Waals surface area (Å²) in [4.78, 5) is 8.25. The number of nitrogen functional groups attached to an aromatic ring is 1. The lowest BCUT2D eigenvalue weighted by Crippen LogP contribution is -2.16. The van der Waals surface area contributed by atoms with Gasteiger partial charge in [-0.25, -0.2) is 9.97 Å². The van der Waals surface area contributed by atoms with Gasteiger partial charge in [0.05, 0.1) is 24.0 Å². The summed E-state index contributed by atoms with van der Waals surface area (Å²) in [6.07, 6.45) is 3.58. The van der Waals surface area contributed by atoms with Gasteiger partial charge in [-0.15, -0.1) is 5.92 Å². The van der Waals surface area contributed by atoms with Crippen LogP contribution in [-0.2, 0) is 4.74 Å². The van der Waals surface area contributed by atoms with E-state index in [0.29, 0.717) is 12.2 Å². The van der Waals surface area contributed by atoms with E-state index in [0.717, 1.165) is 11.0 Å². The fraction of sp³-hybridized carbons (Fsp3) is 0.429. The van der Waals surface area contributed by atoms with E-state index in [1.165, 1.54) is 6.33 Å². The molecule has 104 valence electrons. The lowest BCUT2D eigenvalue weighted by Gasteiger charge is -2.17. The van der Waals surface area contributed by atoms with Crippen LogP contribution in [0.15, 0.2) is 18.6 Å². The molecule has 6 nitrogen and oxygen atoms in total. The van der Waals surface area contributed by atoms with Crippen LogP contribution >= 0.6 is 0 Å². The minimum absolute atomic E-state index is 0.00524. The van der Waals surface area contributed by atoms with Crippen LogP contribution in [0.25, 0.3) is 11.0 Å². The zero-order valence-electron chi connectivity index (χ0n) is 11.2. The molecule has 2 aromatic heterocycles. The zero-order valence-corrected chi connectivity index (χ0v) is 11.2. The SMILES string of the molecule is CC#C[C@H]1C[C@@H](CO)O[C@H]1n1ccc2c(N)ncnc21. The van der Waals surface area contributed by atoms with Crippen LogP contribution in [0, 0.1) is 17.8 Å². The Labute approximate surface area is 116 Å². The highest BCUT2D eigenvalue weighted by Crippen LogP contribution is 2.36. The lowest BCUT2D eigenvalue weighted by molar-refractivity contribution is -0.0260. The molecular formula is C14H16N4O2. The van der Waals surface area contributed by atoms with E-state index in [4.69, 9.17) is 10.5 Å². The highest BCUT2D eigenvalue weighted by atomic mass is 16.5. The summed E-state index contributed by atoms with van der Waals surface area (Å²) in [6, 6.07) is 1.87. The van der Waals surface area contributed by atoms with Crippen LogP contribution in [0.3, 0.4) is 0 Å². The molecule has 20 heavy (non-hydrogen) atoms. The Morgan fingerprint density at radius 1 is 1.55 bits per heavy atom. The molecule has 1 aliphatic heterocycles. The molecule has 1 saturated heterocycles. The maximum atomic E-state index is 9.30. The molecule has 3 heterocycles. The summed E-state index contributed by atoms with van der Waals surface area (Å²) in [5.74, 6) is 6.55. The molecule has 0 spiro atoms. The van der Waals surface area contributed by atoms with Crippen molar-refractivity contribution in [1.82, 2.24) is 14.5 Å². The van der Waals surface area contributed by atoms with Gasteiger partial charge in [-0.1, -0.05) is 5.92 Å². The van der Waals surface area contributed by atoms with Crippen molar-refractivity contribution in [3.05, 3.63) is 18.6 Å². The van der Waals surface area contributed by atoms with Crippen LogP contribution in [0.4, 0.5) is 5.82 Å². The van der Waals surface area contributed by atoms with E-state index < -0.39 is 0 Å². The van der Waals surface area contributed by atoms with Gasteiger partial charge in [0, 0.05) is 6.20 Å². The van der Waals surface area contributed by atoms with Crippen molar-refractivity contribution in [3.63, 3.8) is 0 Å². The van der Waals surface area contributed by atoms with Crippen molar-refractivity contribution in [1.29, 1.82) is 0 Å². The molecule has 0 amide bonds.